The predicted molar refractivity (Wildman–Crippen MR) is 199 cm³/mol. The first-order valence-electron chi connectivity index (χ1n) is 17.6. The fraction of sp³-hybridized carbons (Fsp3) is 0.568. The minimum atomic E-state index is -1.10. The van der Waals surface area contributed by atoms with E-state index in [1.54, 1.807) is 13.0 Å². The molecule has 1 aromatic carbocycles. The second kappa shape index (κ2) is 17.8. The van der Waals surface area contributed by atoms with Crippen molar-refractivity contribution in [1.82, 2.24) is 19.9 Å². The van der Waals surface area contributed by atoms with Gasteiger partial charge in [0, 0.05) is 36.2 Å². The number of carbonyl (C=O) groups is 3. The van der Waals surface area contributed by atoms with E-state index in [1.807, 2.05) is 32.0 Å². The molecule has 4 atom stereocenters. The van der Waals surface area contributed by atoms with Gasteiger partial charge in [0.25, 0.3) is 11.9 Å². The Morgan fingerprint density at radius 2 is 2.04 bits per heavy atom. The topological polar surface area (TPSA) is 172 Å². The largest absolute Gasteiger partial charge is 0.472 e. The Labute approximate surface area is 300 Å². The van der Waals surface area contributed by atoms with Crippen LogP contribution in [0.25, 0.3) is 10.8 Å². The Hall–Kier alpha value is -3.97. The number of amides is 2. The van der Waals surface area contributed by atoms with Gasteiger partial charge in [-0.05, 0) is 99.4 Å². The molecule has 272 valence electrons. The highest BCUT2D eigenvalue weighted by molar-refractivity contribution is 7.98. The van der Waals surface area contributed by atoms with Crippen LogP contribution in [0.3, 0.4) is 0 Å². The summed E-state index contributed by atoms with van der Waals surface area (Å²) in [4.78, 5) is 48.5. The molecule has 2 fully saturated rings. The van der Waals surface area contributed by atoms with Crippen LogP contribution < -0.4 is 20.5 Å². The zero-order valence-corrected chi connectivity index (χ0v) is 30.8. The molecular formula is C37H53N7O5S. The maximum absolute atomic E-state index is 13.5. The van der Waals surface area contributed by atoms with E-state index >= 15 is 0 Å². The number of unbranched alkanes of at least 4 members (excludes halogenated alkanes) is 1. The normalized spacial score (nSPS) is 19.8. The quantitative estimate of drug-likeness (QED) is 0.0421. The van der Waals surface area contributed by atoms with Crippen LogP contribution in [0.2, 0.25) is 0 Å². The lowest BCUT2D eigenvalue weighted by molar-refractivity contribution is -0.133. The van der Waals surface area contributed by atoms with Crippen molar-refractivity contribution in [2.45, 2.75) is 114 Å². The monoisotopic (exact) mass is 707 g/mol. The summed E-state index contributed by atoms with van der Waals surface area (Å²) in [6.45, 7) is 11.9. The lowest BCUT2D eigenvalue weighted by atomic mass is 9.96. The van der Waals surface area contributed by atoms with E-state index in [-0.39, 0.29) is 35.8 Å². The number of amidine groups is 1. The Balaban J connectivity index is 1.37. The Morgan fingerprint density at radius 3 is 2.70 bits per heavy atom. The first-order valence-corrected chi connectivity index (χ1v) is 18.5. The number of nitrogens with zero attached hydrogens (tertiary/aromatic N) is 3. The van der Waals surface area contributed by atoms with Crippen molar-refractivity contribution >= 4 is 52.7 Å². The van der Waals surface area contributed by atoms with Crippen molar-refractivity contribution in [3.63, 3.8) is 0 Å². The molecule has 1 aromatic heterocycles. The summed E-state index contributed by atoms with van der Waals surface area (Å²) in [5, 5.41) is 13.6. The molecule has 1 saturated heterocycles. The summed E-state index contributed by atoms with van der Waals surface area (Å²) in [5.41, 5.74) is 6.94. The van der Waals surface area contributed by atoms with Crippen molar-refractivity contribution in [3.8, 4) is 5.88 Å². The number of pyridine rings is 1. The molecule has 1 aliphatic carbocycles. The van der Waals surface area contributed by atoms with E-state index in [4.69, 9.17) is 25.6 Å². The van der Waals surface area contributed by atoms with E-state index in [0.717, 1.165) is 60.3 Å². The lowest BCUT2D eigenvalue weighted by Gasteiger charge is -2.30. The number of hydrogen-bond acceptors (Lipinski definition) is 10. The molecule has 0 bridgehead atoms. The van der Waals surface area contributed by atoms with Gasteiger partial charge in [-0.15, -0.1) is 6.58 Å². The summed E-state index contributed by atoms with van der Waals surface area (Å²) in [6, 6.07) is 5.13. The van der Waals surface area contributed by atoms with Crippen LogP contribution in [-0.2, 0) is 32.0 Å². The number of aromatic nitrogens is 1. The second-order valence-electron chi connectivity index (χ2n) is 13.9. The van der Waals surface area contributed by atoms with Crippen molar-refractivity contribution in [2.75, 3.05) is 13.6 Å². The van der Waals surface area contributed by atoms with E-state index in [0.29, 0.717) is 43.4 Å². The summed E-state index contributed by atoms with van der Waals surface area (Å²) in [6.07, 6.45) is 10.5. The van der Waals surface area contributed by atoms with Crippen molar-refractivity contribution in [1.29, 1.82) is 5.41 Å². The van der Waals surface area contributed by atoms with Gasteiger partial charge in [0.2, 0.25) is 11.8 Å². The molecule has 4 rings (SSSR count). The van der Waals surface area contributed by atoms with Crippen LogP contribution in [0, 0.1) is 11.3 Å². The fourth-order valence-corrected chi connectivity index (χ4v) is 6.81. The average molecular weight is 708 g/mol. The molecule has 2 amide bonds. The third-order valence-corrected chi connectivity index (χ3v) is 10.3. The Bertz CT molecular complexity index is 1580. The molecule has 2 aliphatic rings. The summed E-state index contributed by atoms with van der Waals surface area (Å²) in [7, 11) is 1.89. The Morgan fingerprint density at radius 1 is 1.28 bits per heavy atom. The summed E-state index contributed by atoms with van der Waals surface area (Å²) >= 11 is 1.43. The van der Waals surface area contributed by atoms with Gasteiger partial charge in [-0.25, -0.2) is 9.98 Å². The minimum absolute atomic E-state index is 0.0105. The van der Waals surface area contributed by atoms with Gasteiger partial charge in [0.15, 0.2) is 5.90 Å². The van der Waals surface area contributed by atoms with Crippen molar-refractivity contribution in [3.05, 3.63) is 48.2 Å². The van der Waals surface area contributed by atoms with Gasteiger partial charge >= 0.3 is 0 Å². The molecule has 1 saturated carbocycles. The number of carbonyl (C=O) groups excluding carboxylic acids is 3. The van der Waals surface area contributed by atoms with E-state index in [2.05, 4.69) is 46.7 Å². The van der Waals surface area contributed by atoms with Crippen LogP contribution in [-0.4, -0.2) is 82.5 Å². The standard InChI is InChI=1S/C37H53N7O5S/c1-7-17-37(5,35(47)43-50-27-14-15-27)42-33(46)31-19-26(21-44(31)6)48-34-29-18-24(13-16-28(29)25(8-2)20-40-34)11-9-10-12-32(38)49-36(39)41-30(22-45)23(3)4/h7,13,16,18,20,22-23,26-27,30-31,38H,1,8-12,14-15,17,19,21H2,2-6H3,(H2,39,41)(H,42,46)(H,43,47)/t26?,30?,31-,37+/m0/s1. The van der Waals surface area contributed by atoms with E-state index < -0.39 is 17.6 Å². The first kappa shape index (κ1) is 38.8. The molecular weight excluding hydrogens is 655 g/mol. The number of ether oxygens (including phenoxy) is 2. The number of aryl methyl sites for hydroxylation is 2. The highest BCUT2D eigenvalue weighted by Gasteiger charge is 2.41. The van der Waals surface area contributed by atoms with E-state index in [9.17, 15) is 14.4 Å². The zero-order valence-electron chi connectivity index (χ0n) is 30.0. The van der Waals surface area contributed by atoms with Crippen LogP contribution in [0.15, 0.2) is 42.0 Å². The number of nitrogens with one attached hydrogen (secondary N) is 3. The average Bonchev–Trinajstić information content (AvgIpc) is 3.84. The fourth-order valence-electron chi connectivity index (χ4n) is 5.94. The zero-order chi connectivity index (χ0) is 36.4. The van der Waals surface area contributed by atoms with Crippen LogP contribution in [0.1, 0.15) is 83.8 Å². The second-order valence-corrected chi connectivity index (χ2v) is 15.0. The Kier molecular flexibility index (Phi) is 13.8. The third-order valence-electron chi connectivity index (χ3n) is 9.21. The summed E-state index contributed by atoms with van der Waals surface area (Å²) < 4.78 is 14.8. The minimum Gasteiger partial charge on any atom is -0.472 e. The van der Waals surface area contributed by atoms with Gasteiger partial charge in [-0.3, -0.25) is 24.6 Å². The van der Waals surface area contributed by atoms with Crippen molar-refractivity contribution < 1.29 is 23.9 Å². The number of nitrogens with two attached hydrogens (primary N) is 1. The van der Waals surface area contributed by atoms with Crippen molar-refractivity contribution in [2.24, 2.45) is 16.6 Å². The van der Waals surface area contributed by atoms with Crippen LogP contribution in [0.4, 0.5) is 0 Å². The molecule has 1 aliphatic heterocycles. The highest BCUT2D eigenvalue weighted by Crippen LogP contribution is 2.33. The number of likely N-dealkylation sites (N-methyl/N-ethyl adjacent to an activating group) is 1. The number of likely N-dealkylation sites (tertiary alicyclic amines) is 1. The van der Waals surface area contributed by atoms with Gasteiger partial charge < -0.3 is 25.3 Å². The smallest absolute Gasteiger partial charge is 0.289 e. The van der Waals surface area contributed by atoms with E-state index in [1.165, 1.54) is 11.9 Å². The number of aldehydes is 1. The SMILES string of the molecule is C=CC[C@@](C)(NC(=O)[C@@H]1CC(Oc2ncc(CC)c3ccc(CCCCC(=N)OC(N)=NC(C=O)C(C)C)cc23)CN1C)C(=O)NSC1CC1. The highest BCUT2D eigenvalue weighted by atomic mass is 32.2. The maximum atomic E-state index is 13.5. The number of benzene rings is 1. The third kappa shape index (κ3) is 10.5. The van der Waals surface area contributed by atoms with Gasteiger partial charge in [0.05, 0.1) is 6.04 Å². The van der Waals surface area contributed by atoms with Gasteiger partial charge in [0.1, 0.15) is 24.0 Å². The summed E-state index contributed by atoms with van der Waals surface area (Å²) in [5.74, 6) is 0.0933. The number of aliphatic imine (C=N–C) groups is 1. The molecule has 0 spiro atoms. The van der Waals surface area contributed by atoms with Gasteiger partial charge in [-0.2, -0.15) is 0 Å². The van der Waals surface area contributed by atoms with Gasteiger partial charge in [-0.1, -0.05) is 39.0 Å². The van der Waals surface area contributed by atoms with Crippen LogP contribution in [0.5, 0.6) is 5.88 Å². The molecule has 2 unspecified atom stereocenters. The molecule has 0 radical (unpaired) electrons. The molecule has 13 heteroatoms. The lowest BCUT2D eigenvalue weighted by Crippen LogP contribution is -2.58. The predicted octanol–water partition coefficient (Wildman–Crippen LogP) is 4.87. The number of rotatable bonds is 18. The molecule has 5 N–H and O–H groups in total. The molecule has 50 heavy (non-hydrogen) atoms. The number of fused-ring (bicyclic) bond motifs is 1. The molecule has 2 aromatic rings. The number of hydrogen-bond donors (Lipinski definition) is 4. The first-order chi connectivity index (χ1) is 23.9. The molecule has 2 heterocycles. The maximum Gasteiger partial charge on any atom is 0.289 e. The van der Waals surface area contributed by atoms with Crippen LogP contribution >= 0.6 is 11.9 Å². The molecule has 12 nitrogen and oxygen atoms in total.